The summed E-state index contributed by atoms with van der Waals surface area (Å²) in [5.41, 5.74) is 3.08. The molecule has 0 atom stereocenters. The van der Waals surface area contributed by atoms with E-state index >= 15 is 0 Å². The Kier molecular flexibility index (Phi) is 5.96. The van der Waals surface area contributed by atoms with Gasteiger partial charge in [0.2, 0.25) is 5.91 Å². The zero-order valence-electron chi connectivity index (χ0n) is 17.4. The van der Waals surface area contributed by atoms with Crippen LogP contribution < -0.4 is 20.1 Å². The number of benzene rings is 1. The van der Waals surface area contributed by atoms with Gasteiger partial charge in [0.15, 0.2) is 0 Å². The lowest BCUT2D eigenvalue weighted by atomic mass is 9.96. The highest BCUT2D eigenvalue weighted by molar-refractivity contribution is 5.89. The first-order chi connectivity index (χ1) is 14.1. The maximum atomic E-state index is 11.3. The lowest BCUT2D eigenvalue weighted by molar-refractivity contribution is -0.114. The molecular weight excluding hydrogens is 386 g/mol. The zero-order valence-corrected chi connectivity index (χ0v) is 17.4. The molecule has 1 aliphatic heterocycles. The minimum Gasteiger partial charge on any atom is -0.488 e. The summed E-state index contributed by atoms with van der Waals surface area (Å²) in [6.45, 7) is 7.33. The molecule has 158 valence electrons. The molecule has 30 heavy (non-hydrogen) atoms. The van der Waals surface area contributed by atoms with E-state index in [4.69, 9.17) is 14.6 Å². The number of anilines is 1. The first-order valence-corrected chi connectivity index (χ1v) is 9.50. The molecule has 0 radical (unpaired) electrons. The number of hydrogen-bond donors (Lipinski definition) is 3. The van der Waals surface area contributed by atoms with Crippen LogP contribution in [0.15, 0.2) is 42.3 Å². The number of amides is 2. The summed E-state index contributed by atoms with van der Waals surface area (Å²) in [5, 5.41) is 14.1. The van der Waals surface area contributed by atoms with E-state index in [2.05, 4.69) is 15.6 Å². The normalized spacial score (nSPS) is 12.9. The summed E-state index contributed by atoms with van der Waals surface area (Å²) in [4.78, 5) is 26.4. The van der Waals surface area contributed by atoms with Crippen LogP contribution in [0, 0.1) is 0 Å². The number of fused-ring (bicyclic) bond motifs is 3. The molecule has 2 heterocycles. The second kappa shape index (κ2) is 8.44. The number of hydrogen-bond acceptors (Lipinski definition) is 5. The minimum atomic E-state index is -1.06. The monoisotopic (exact) mass is 411 g/mol. The molecule has 2 amide bonds. The van der Waals surface area contributed by atoms with Crippen LogP contribution in [0.2, 0.25) is 0 Å². The fraction of sp³-hybridized carbons (Fsp3) is 0.318. The molecule has 0 spiro atoms. The zero-order chi connectivity index (χ0) is 21.9. The fourth-order valence-electron chi connectivity index (χ4n) is 3.41. The summed E-state index contributed by atoms with van der Waals surface area (Å²) in [5.74, 6) is 1.60. The summed E-state index contributed by atoms with van der Waals surface area (Å²) in [6, 6.07) is 7.38. The van der Waals surface area contributed by atoms with E-state index in [1.165, 1.54) is 6.92 Å². The van der Waals surface area contributed by atoms with Gasteiger partial charge in [-0.05, 0) is 56.5 Å². The molecule has 0 bridgehead atoms. The number of carbonyl (C=O) groups excluding carboxylic acids is 1. The average Bonchev–Trinajstić information content (AvgIpc) is 2.64. The van der Waals surface area contributed by atoms with Gasteiger partial charge >= 0.3 is 6.09 Å². The van der Waals surface area contributed by atoms with Crippen molar-refractivity contribution >= 4 is 17.8 Å². The van der Waals surface area contributed by atoms with E-state index in [1.807, 2.05) is 39.0 Å². The average molecular weight is 411 g/mol. The summed E-state index contributed by atoms with van der Waals surface area (Å²) >= 11 is 0. The van der Waals surface area contributed by atoms with E-state index < -0.39 is 11.6 Å². The molecule has 0 aliphatic carbocycles. The van der Waals surface area contributed by atoms with Crippen molar-refractivity contribution in [1.82, 2.24) is 10.3 Å². The van der Waals surface area contributed by atoms with Crippen molar-refractivity contribution in [1.29, 1.82) is 0 Å². The Bertz CT molecular complexity index is 1010. The second-order valence-electron chi connectivity index (χ2n) is 7.93. The number of carboxylic acid groups (broad SMARTS) is 1. The molecule has 0 fully saturated rings. The third kappa shape index (κ3) is 5.28. The molecule has 0 saturated carbocycles. The van der Waals surface area contributed by atoms with Crippen LogP contribution in [0.1, 0.15) is 39.7 Å². The number of rotatable bonds is 6. The van der Waals surface area contributed by atoms with Gasteiger partial charge in [0.25, 0.3) is 0 Å². The topological polar surface area (TPSA) is 110 Å². The molecule has 8 heteroatoms. The highest BCUT2D eigenvalue weighted by Crippen LogP contribution is 2.40. The van der Waals surface area contributed by atoms with Crippen molar-refractivity contribution in [3.05, 3.63) is 47.9 Å². The van der Waals surface area contributed by atoms with Gasteiger partial charge in [0.05, 0.1) is 6.26 Å². The van der Waals surface area contributed by atoms with E-state index in [9.17, 15) is 9.59 Å². The van der Waals surface area contributed by atoms with Crippen LogP contribution in [0.25, 0.3) is 11.1 Å². The summed E-state index contributed by atoms with van der Waals surface area (Å²) < 4.78 is 11.6. The molecular formula is C22H25N3O5. The number of carbonyl (C=O) groups is 2. The number of aromatic nitrogens is 1. The van der Waals surface area contributed by atoms with Crippen LogP contribution in [-0.2, 0) is 11.4 Å². The Morgan fingerprint density at radius 2 is 2.03 bits per heavy atom. The molecule has 3 N–H and O–H groups in total. The van der Waals surface area contributed by atoms with E-state index in [1.54, 1.807) is 18.5 Å². The van der Waals surface area contributed by atoms with Crippen LogP contribution in [0.3, 0.4) is 0 Å². The molecule has 1 aromatic carbocycles. The van der Waals surface area contributed by atoms with Crippen molar-refractivity contribution in [2.45, 2.75) is 46.3 Å². The first-order valence-electron chi connectivity index (χ1n) is 9.50. The molecule has 1 aromatic heterocycles. The van der Waals surface area contributed by atoms with E-state index in [0.29, 0.717) is 30.3 Å². The van der Waals surface area contributed by atoms with Crippen LogP contribution in [0.5, 0.6) is 11.5 Å². The van der Waals surface area contributed by atoms with Gasteiger partial charge in [-0.1, -0.05) is 0 Å². The molecule has 1 aliphatic rings. The molecule has 8 nitrogen and oxygen atoms in total. The Balaban J connectivity index is 1.76. The highest BCUT2D eigenvalue weighted by Gasteiger charge is 2.21. The third-order valence-electron chi connectivity index (χ3n) is 4.48. The Labute approximate surface area is 174 Å². The SMILES string of the molecule is CC(=O)Nc1cc2c(cn1)COc1cc(OC=C(C)CC(C)(C)NC(=O)O)ccc1-2. The van der Waals surface area contributed by atoms with Gasteiger partial charge < -0.3 is 25.2 Å². The van der Waals surface area contributed by atoms with Crippen LogP contribution in [0.4, 0.5) is 10.6 Å². The van der Waals surface area contributed by atoms with Crippen LogP contribution in [-0.4, -0.2) is 27.6 Å². The van der Waals surface area contributed by atoms with Gasteiger partial charge in [-0.3, -0.25) is 4.79 Å². The largest absolute Gasteiger partial charge is 0.488 e. The number of pyridine rings is 1. The van der Waals surface area contributed by atoms with Crippen molar-refractivity contribution in [2.24, 2.45) is 0 Å². The molecule has 0 unspecified atom stereocenters. The quantitative estimate of drug-likeness (QED) is 0.611. The summed E-state index contributed by atoms with van der Waals surface area (Å²) in [7, 11) is 0. The predicted molar refractivity (Wildman–Crippen MR) is 113 cm³/mol. The van der Waals surface area contributed by atoms with Gasteiger partial charge in [-0.2, -0.15) is 0 Å². The van der Waals surface area contributed by atoms with Crippen molar-refractivity contribution in [2.75, 3.05) is 5.32 Å². The first kappa shape index (κ1) is 21.2. The molecule has 0 saturated heterocycles. The van der Waals surface area contributed by atoms with Gasteiger partial charge in [-0.15, -0.1) is 0 Å². The van der Waals surface area contributed by atoms with Gasteiger partial charge in [0, 0.05) is 35.9 Å². The van der Waals surface area contributed by atoms with Gasteiger partial charge in [-0.25, -0.2) is 9.78 Å². The van der Waals surface area contributed by atoms with Crippen molar-refractivity contribution in [3.63, 3.8) is 0 Å². The van der Waals surface area contributed by atoms with Crippen molar-refractivity contribution in [3.8, 4) is 22.6 Å². The lowest BCUT2D eigenvalue weighted by Gasteiger charge is -2.24. The predicted octanol–water partition coefficient (Wildman–Crippen LogP) is 4.32. The smallest absolute Gasteiger partial charge is 0.405 e. The highest BCUT2D eigenvalue weighted by atomic mass is 16.5. The lowest BCUT2D eigenvalue weighted by Crippen LogP contribution is -2.42. The minimum absolute atomic E-state index is 0.178. The van der Waals surface area contributed by atoms with E-state index in [0.717, 1.165) is 22.3 Å². The standard InChI is InChI=1S/C22H25N3O5/c1-13(9-22(3,4)25-21(27)28)11-29-16-5-6-17-18-8-20(24-14(2)26)23-10-15(18)12-30-19(17)7-16/h5-8,10-11,25H,9,12H2,1-4H3,(H,27,28)(H,23,24,26). The van der Waals surface area contributed by atoms with Crippen LogP contribution >= 0.6 is 0 Å². The Hall–Kier alpha value is -3.55. The maximum Gasteiger partial charge on any atom is 0.405 e. The second-order valence-corrected chi connectivity index (χ2v) is 7.93. The third-order valence-corrected chi connectivity index (χ3v) is 4.48. The number of nitrogens with one attached hydrogen (secondary N) is 2. The number of nitrogens with zero attached hydrogens (tertiary/aromatic N) is 1. The molecule has 2 aromatic rings. The molecule has 3 rings (SSSR count). The number of ether oxygens (including phenoxy) is 2. The van der Waals surface area contributed by atoms with Crippen molar-refractivity contribution < 1.29 is 24.2 Å². The maximum absolute atomic E-state index is 11.3. The van der Waals surface area contributed by atoms with Gasteiger partial charge in [0.1, 0.15) is 23.9 Å². The Morgan fingerprint density at radius 3 is 2.73 bits per heavy atom. The Morgan fingerprint density at radius 1 is 1.27 bits per heavy atom. The summed E-state index contributed by atoms with van der Waals surface area (Å²) in [6.07, 6.45) is 2.76. The van der Waals surface area contributed by atoms with E-state index in [-0.39, 0.29) is 5.91 Å². The fourth-order valence-corrected chi connectivity index (χ4v) is 3.41.